The van der Waals surface area contributed by atoms with Crippen molar-refractivity contribution < 1.29 is 13.9 Å². The molecule has 25 heavy (non-hydrogen) atoms. The van der Waals surface area contributed by atoms with Crippen LogP contribution in [0.3, 0.4) is 0 Å². The van der Waals surface area contributed by atoms with Crippen LogP contribution >= 0.6 is 0 Å². The summed E-state index contributed by atoms with van der Waals surface area (Å²) < 4.78 is 10.9. The topological polar surface area (TPSA) is 81.6 Å². The van der Waals surface area contributed by atoms with E-state index in [1.54, 1.807) is 13.3 Å². The third-order valence-corrected chi connectivity index (χ3v) is 4.88. The molecule has 2 aromatic rings. The van der Waals surface area contributed by atoms with E-state index in [1.807, 2.05) is 29.2 Å². The second kappa shape index (κ2) is 7.27. The maximum Gasteiger partial charge on any atom is 0.223 e. The lowest BCUT2D eigenvalue weighted by atomic mass is 9.90. The quantitative estimate of drug-likeness (QED) is 0.871. The molecule has 2 N–H and O–H groups in total. The summed E-state index contributed by atoms with van der Waals surface area (Å²) in [4.78, 5) is 18.6. The van der Waals surface area contributed by atoms with Gasteiger partial charge in [-0.1, -0.05) is 6.92 Å². The van der Waals surface area contributed by atoms with E-state index in [0.29, 0.717) is 31.0 Å². The average Bonchev–Trinajstić information content (AvgIpc) is 3.27. The number of rotatable bonds is 6. The third-order valence-electron chi connectivity index (χ3n) is 4.88. The Kier molecular flexibility index (Phi) is 5.08. The van der Waals surface area contributed by atoms with E-state index in [-0.39, 0.29) is 11.3 Å². The molecule has 1 saturated heterocycles. The molecule has 1 aromatic heterocycles. The van der Waals surface area contributed by atoms with Crippen molar-refractivity contribution in [2.75, 3.05) is 26.7 Å². The van der Waals surface area contributed by atoms with E-state index in [1.165, 1.54) is 0 Å². The summed E-state index contributed by atoms with van der Waals surface area (Å²) >= 11 is 0. The molecule has 1 fully saturated rings. The highest BCUT2D eigenvalue weighted by Crippen LogP contribution is 2.29. The minimum atomic E-state index is 0.0557. The average molecular weight is 343 g/mol. The summed E-state index contributed by atoms with van der Waals surface area (Å²) in [6, 6.07) is 7.60. The Morgan fingerprint density at radius 1 is 1.40 bits per heavy atom. The lowest BCUT2D eigenvalue weighted by Gasteiger charge is -2.22. The standard InChI is InChI=1S/C19H25N3O3/c1-19(12-20)9-10-22(13-19)18(23)8-7-17-21-11-16(25-17)14-3-5-15(24-2)6-4-14/h3-6,11H,7-10,12-13,20H2,1-2H3. The Balaban J connectivity index is 1.56. The van der Waals surface area contributed by atoms with Crippen LogP contribution in [0, 0.1) is 5.41 Å². The molecule has 0 bridgehead atoms. The number of methoxy groups -OCH3 is 1. The van der Waals surface area contributed by atoms with Crippen molar-refractivity contribution in [2.24, 2.45) is 11.1 Å². The summed E-state index contributed by atoms with van der Waals surface area (Å²) in [5.41, 5.74) is 6.79. The Morgan fingerprint density at radius 2 is 2.16 bits per heavy atom. The number of hydrogen-bond donors (Lipinski definition) is 1. The van der Waals surface area contributed by atoms with Gasteiger partial charge in [0.25, 0.3) is 0 Å². The van der Waals surface area contributed by atoms with Gasteiger partial charge < -0.3 is 19.8 Å². The molecule has 0 radical (unpaired) electrons. The molecule has 1 aromatic carbocycles. The van der Waals surface area contributed by atoms with E-state index < -0.39 is 0 Å². The van der Waals surface area contributed by atoms with Crippen LogP contribution in [-0.2, 0) is 11.2 Å². The van der Waals surface area contributed by atoms with Crippen LogP contribution < -0.4 is 10.5 Å². The predicted molar refractivity (Wildman–Crippen MR) is 95.2 cm³/mol. The first-order valence-corrected chi connectivity index (χ1v) is 8.60. The molecule has 3 rings (SSSR count). The highest BCUT2D eigenvalue weighted by atomic mass is 16.5. The van der Waals surface area contributed by atoms with E-state index >= 15 is 0 Å². The molecule has 1 amide bonds. The Bertz CT molecular complexity index is 726. The number of aryl methyl sites for hydroxylation is 1. The summed E-state index contributed by atoms with van der Waals surface area (Å²) in [5.74, 6) is 2.22. The fraction of sp³-hybridized carbons (Fsp3) is 0.474. The minimum Gasteiger partial charge on any atom is -0.497 e. The van der Waals surface area contributed by atoms with Crippen LogP contribution in [-0.4, -0.2) is 42.5 Å². The van der Waals surface area contributed by atoms with Crippen LogP contribution in [0.2, 0.25) is 0 Å². The van der Waals surface area contributed by atoms with Gasteiger partial charge in [-0.25, -0.2) is 4.98 Å². The van der Waals surface area contributed by atoms with Gasteiger partial charge >= 0.3 is 0 Å². The molecule has 1 atom stereocenters. The first-order chi connectivity index (χ1) is 12.0. The van der Waals surface area contributed by atoms with E-state index in [0.717, 1.165) is 30.8 Å². The van der Waals surface area contributed by atoms with E-state index in [2.05, 4.69) is 11.9 Å². The second-order valence-electron chi connectivity index (χ2n) is 6.93. The Hall–Kier alpha value is -2.34. The van der Waals surface area contributed by atoms with E-state index in [4.69, 9.17) is 14.9 Å². The number of oxazole rings is 1. The minimum absolute atomic E-state index is 0.0557. The Labute approximate surface area is 148 Å². The van der Waals surface area contributed by atoms with Gasteiger partial charge in [-0.2, -0.15) is 0 Å². The zero-order valence-corrected chi connectivity index (χ0v) is 14.8. The Morgan fingerprint density at radius 3 is 2.80 bits per heavy atom. The molecule has 6 nitrogen and oxygen atoms in total. The number of ether oxygens (including phenoxy) is 1. The molecule has 1 unspecified atom stereocenters. The number of benzene rings is 1. The van der Waals surface area contributed by atoms with Gasteiger partial charge in [-0.15, -0.1) is 0 Å². The summed E-state index contributed by atoms with van der Waals surface area (Å²) in [6.07, 6.45) is 3.58. The molecule has 0 spiro atoms. The maximum absolute atomic E-state index is 12.4. The van der Waals surface area contributed by atoms with Gasteiger partial charge in [-0.05, 0) is 42.6 Å². The van der Waals surface area contributed by atoms with Crippen molar-refractivity contribution in [1.82, 2.24) is 9.88 Å². The number of carbonyl (C=O) groups is 1. The van der Waals surface area contributed by atoms with Gasteiger partial charge in [0.2, 0.25) is 5.91 Å². The summed E-state index contributed by atoms with van der Waals surface area (Å²) in [5, 5.41) is 0. The third kappa shape index (κ3) is 4.02. The number of amides is 1. The van der Waals surface area contributed by atoms with Crippen molar-refractivity contribution in [3.8, 4) is 17.1 Å². The van der Waals surface area contributed by atoms with Crippen LogP contribution in [0.25, 0.3) is 11.3 Å². The highest BCUT2D eigenvalue weighted by molar-refractivity contribution is 5.76. The van der Waals surface area contributed by atoms with Crippen LogP contribution in [0.5, 0.6) is 5.75 Å². The van der Waals surface area contributed by atoms with Crippen LogP contribution in [0.1, 0.15) is 25.7 Å². The van der Waals surface area contributed by atoms with Gasteiger partial charge in [0, 0.05) is 31.5 Å². The SMILES string of the molecule is COc1ccc(-c2cnc(CCC(=O)N3CCC(C)(CN)C3)o2)cc1. The van der Waals surface area contributed by atoms with Crippen molar-refractivity contribution >= 4 is 5.91 Å². The molecule has 1 aliphatic heterocycles. The number of nitrogens with two attached hydrogens (primary N) is 1. The molecule has 6 heteroatoms. The number of hydrogen-bond acceptors (Lipinski definition) is 5. The molecule has 0 saturated carbocycles. The number of likely N-dealkylation sites (tertiary alicyclic amines) is 1. The number of nitrogens with zero attached hydrogens (tertiary/aromatic N) is 2. The first kappa shape index (κ1) is 17.5. The predicted octanol–water partition coefficient (Wildman–Crippen LogP) is 2.48. The molecule has 134 valence electrons. The molecule has 1 aliphatic rings. The van der Waals surface area contributed by atoms with Crippen molar-refractivity contribution in [3.05, 3.63) is 36.4 Å². The smallest absolute Gasteiger partial charge is 0.223 e. The van der Waals surface area contributed by atoms with Gasteiger partial charge in [-0.3, -0.25) is 4.79 Å². The zero-order valence-electron chi connectivity index (χ0n) is 14.8. The van der Waals surface area contributed by atoms with Crippen molar-refractivity contribution in [1.29, 1.82) is 0 Å². The molecule has 0 aliphatic carbocycles. The lowest BCUT2D eigenvalue weighted by Crippen LogP contribution is -2.34. The molecular weight excluding hydrogens is 318 g/mol. The summed E-state index contributed by atoms with van der Waals surface area (Å²) in [7, 11) is 1.63. The number of aromatic nitrogens is 1. The van der Waals surface area contributed by atoms with Gasteiger partial charge in [0.1, 0.15) is 5.75 Å². The monoisotopic (exact) mass is 343 g/mol. The largest absolute Gasteiger partial charge is 0.497 e. The summed E-state index contributed by atoms with van der Waals surface area (Å²) in [6.45, 7) is 4.28. The van der Waals surface area contributed by atoms with Crippen molar-refractivity contribution in [2.45, 2.75) is 26.2 Å². The van der Waals surface area contributed by atoms with Crippen LogP contribution in [0.4, 0.5) is 0 Å². The maximum atomic E-state index is 12.4. The van der Waals surface area contributed by atoms with E-state index in [9.17, 15) is 4.79 Å². The number of carbonyl (C=O) groups excluding carboxylic acids is 1. The van der Waals surface area contributed by atoms with Crippen molar-refractivity contribution in [3.63, 3.8) is 0 Å². The fourth-order valence-corrected chi connectivity index (χ4v) is 3.09. The van der Waals surface area contributed by atoms with Gasteiger partial charge in [0.05, 0.1) is 13.3 Å². The second-order valence-corrected chi connectivity index (χ2v) is 6.93. The zero-order chi connectivity index (χ0) is 17.9. The normalized spacial score (nSPS) is 20.0. The highest BCUT2D eigenvalue weighted by Gasteiger charge is 2.34. The first-order valence-electron chi connectivity index (χ1n) is 8.60. The molecule has 2 heterocycles. The van der Waals surface area contributed by atoms with Gasteiger partial charge in [0.15, 0.2) is 11.7 Å². The molecular formula is C19H25N3O3. The van der Waals surface area contributed by atoms with Crippen LogP contribution in [0.15, 0.2) is 34.9 Å². The lowest BCUT2D eigenvalue weighted by molar-refractivity contribution is -0.130. The fourth-order valence-electron chi connectivity index (χ4n) is 3.09.